The number of fused-ring (bicyclic) bond motifs is 1. The van der Waals surface area contributed by atoms with E-state index < -0.39 is 0 Å². The Morgan fingerprint density at radius 3 is 2.86 bits per heavy atom. The minimum atomic E-state index is -0.362. The molecule has 3 rings (SSSR count). The summed E-state index contributed by atoms with van der Waals surface area (Å²) in [5, 5.41) is 4.42. The third-order valence-electron chi connectivity index (χ3n) is 4.77. The summed E-state index contributed by atoms with van der Waals surface area (Å²) in [4.78, 5) is 26.3. The molecule has 1 amide bonds. The molecule has 1 N–H and O–H groups in total. The van der Waals surface area contributed by atoms with E-state index in [4.69, 9.17) is 27.9 Å². The van der Waals surface area contributed by atoms with Gasteiger partial charge in [-0.25, -0.2) is 4.79 Å². The molecule has 1 unspecified atom stereocenters. The topological polar surface area (TPSA) is 55.4 Å². The van der Waals surface area contributed by atoms with Gasteiger partial charge in [-0.2, -0.15) is 0 Å². The summed E-state index contributed by atoms with van der Waals surface area (Å²) < 4.78 is 5.38. The molecule has 0 aliphatic heterocycles. The van der Waals surface area contributed by atoms with Crippen molar-refractivity contribution in [1.29, 1.82) is 0 Å². The normalized spacial score (nSPS) is 15.9. The zero-order valence-corrected chi connectivity index (χ0v) is 18.7. The molecule has 1 aromatic heterocycles. The number of hydrogen-bond acceptors (Lipinski definition) is 4. The van der Waals surface area contributed by atoms with Gasteiger partial charge in [0.1, 0.15) is 5.00 Å². The number of halogens is 2. The number of rotatable bonds is 6. The summed E-state index contributed by atoms with van der Waals surface area (Å²) in [7, 11) is 0. The first-order chi connectivity index (χ1) is 13.9. The van der Waals surface area contributed by atoms with Crippen LogP contribution in [-0.2, 0) is 22.4 Å². The third kappa shape index (κ3) is 5.41. The van der Waals surface area contributed by atoms with Crippen LogP contribution in [-0.4, -0.2) is 18.5 Å². The highest BCUT2D eigenvalue weighted by atomic mass is 35.5. The maximum Gasteiger partial charge on any atom is 0.341 e. The molecule has 0 saturated heterocycles. The van der Waals surface area contributed by atoms with E-state index in [2.05, 4.69) is 12.2 Å². The van der Waals surface area contributed by atoms with Crippen molar-refractivity contribution < 1.29 is 14.3 Å². The molecule has 154 valence electrons. The predicted molar refractivity (Wildman–Crippen MR) is 120 cm³/mol. The van der Waals surface area contributed by atoms with Crippen molar-refractivity contribution in [3.05, 3.63) is 55.9 Å². The fourth-order valence-electron chi connectivity index (χ4n) is 3.28. The van der Waals surface area contributed by atoms with Crippen LogP contribution in [0.2, 0.25) is 10.0 Å². The average molecular weight is 452 g/mol. The number of carbonyl (C=O) groups excluding carboxylic acids is 2. The number of carbonyl (C=O) groups is 2. The number of ether oxygens (including phenoxy) is 1. The van der Waals surface area contributed by atoms with E-state index in [1.165, 1.54) is 17.4 Å². The van der Waals surface area contributed by atoms with Crippen molar-refractivity contribution in [3.63, 3.8) is 0 Å². The highest BCUT2D eigenvalue weighted by molar-refractivity contribution is 7.17. The number of nitrogens with one attached hydrogen (secondary N) is 1. The van der Waals surface area contributed by atoms with Crippen LogP contribution in [0, 0.1) is 5.92 Å². The quantitative estimate of drug-likeness (QED) is 0.408. The van der Waals surface area contributed by atoms with Gasteiger partial charge < -0.3 is 10.1 Å². The summed E-state index contributed by atoms with van der Waals surface area (Å²) in [6.45, 7) is 4.52. The summed E-state index contributed by atoms with van der Waals surface area (Å²) >= 11 is 13.5. The molecule has 0 saturated carbocycles. The van der Waals surface area contributed by atoms with Gasteiger partial charge in [-0.15, -0.1) is 11.3 Å². The molecule has 2 aromatic rings. The second kappa shape index (κ2) is 9.79. The van der Waals surface area contributed by atoms with Crippen LogP contribution in [0.3, 0.4) is 0 Å². The molecular formula is C22H23Cl2NO3S. The molecule has 29 heavy (non-hydrogen) atoms. The van der Waals surface area contributed by atoms with Crippen LogP contribution in [0.25, 0.3) is 6.08 Å². The molecule has 0 spiro atoms. The molecule has 1 atom stereocenters. The van der Waals surface area contributed by atoms with Gasteiger partial charge in [-0.1, -0.05) is 43.1 Å². The van der Waals surface area contributed by atoms with Gasteiger partial charge in [-0.3, -0.25) is 4.79 Å². The van der Waals surface area contributed by atoms with Crippen molar-refractivity contribution in [2.24, 2.45) is 5.92 Å². The first-order valence-corrected chi connectivity index (χ1v) is 11.2. The Kier molecular flexibility index (Phi) is 7.38. The number of hydrogen-bond donors (Lipinski definition) is 1. The Morgan fingerprint density at radius 2 is 2.14 bits per heavy atom. The molecule has 1 aliphatic rings. The van der Waals surface area contributed by atoms with Gasteiger partial charge in [0.15, 0.2) is 0 Å². The van der Waals surface area contributed by atoms with Crippen molar-refractivity contribution in [2.75, 3.05) is 11.9 Å². The van der Waals surface area contributed by atoms with E-state index in [1.807, 2.05) is 6.92 Å². The van der Waals surface area contributed by atoms with E-state index >= 15 is 0 Å². The van der Waals surface area contributed by atoms with Gasteiger partial charge in [0.2, 0.25) is 5.91 Å². The lowest BCUT2D eigenvalue weighted by Gasteiger charge is -2.18. The monoisotopic (exact) mass is 451 g/mol. The molecule has 1 aliphatic carbocycles. The fraction of sp³-hybridized carbons (Fsp3) is 0.364. The minimum Gasteiger partial charge on any atom is -0.462 e. The molecule has 0 radical (unpaired) electrons. The lowest BCUT2D eigenvalue weighted by atomic mass is 9.88. The number of thiophene rings is 1. The molecule has 0 fully saturated rings. The average Bonchev–Trinajstić information content (AvgIpc) is 3.02. The number of benzene rings is 1. The zero-order valence-electron chi connectivity index (χ0n) is 16.4. The Labute approximate surface area is 184 Å². The lowest BCUT2D eigenvalue weighted by molar-refractivity contribution is -0.111. The van der Waals surface area contributed by atoms with E-state index in [-0.39, 0.29) is 11.9 Å². The maximum atomic E-state index is 12.7. The second-order valence-corrected chi connectivity index (χ2v) is 9.13. The molecular weight excluding hydrogens is 429 g/mol. The number of anilines is 1. The van der Waals surface area contributed by atoms with Crippen LogP contribution in [0.1, 0.15) is 53.1 Å². The summed E-state index contributed by atoms with van der Waals surface area (Å²) in [6, 6.07) is 5.07. The van der Waals surface area contributed by atoms with Crippen LogP contribution in [0.15, 0.2) is 24.3 Å². The van der Waals surface area contributed by atoms with Crippen molar-refractivity contribution in [3.8, 4) is 0 Å². The SMILES string of the molecule is CCCOC(=O)c1c(NC(=O)C=Cc2ccc(Cl)cc2Cl)sc2c1CCC(C)C2. The smallest absolute Gasteiger partial charge is 0.341 e. The molecule has 7 heteroatoms. The summed E-state index contributed by atoms with van der Waals surface area (Å²) in [5.41, 5.74) is 2.22. The molecule has 1 heterocycles. The van der Waals surface area contributed by atoms with E-state index in [9.17, 15) is 9.59 Å². The fourth-order valence-corrected chi connectivity index (χ4v) is 5.15. The minimum absolute atomic E-state index is 0.327. The molecule has 1 aromatic carbocycles. The van der Waals surface area contributed by atoms with Crippen molar-refractivity contribution in [2.45, 2.75) is 39.5 Å². The predicted octanol–water partition coefficient (Wildman–Crippen LogP) is 6.40. The summed E-state index contributed by atoms with van der Waals surface area (Å²) in [5.74, 6) is -0.123. The van der Waals surface area contributed by atoms with Gasteiger partial charge in [-0.05, 0) is 60.9 Å². The van der Waals surface area contributed by atoms with Crippen molar-refractivity contribution in [1.82, 2.24) is 0 Å². The van der Waals surface area contributed by atoms with E-state index in [0.717, 1.165) is 36.1 Å². The van der Waals surface area contributed by atoms with Gasteiger partial charge in [0.05, 0.1) is 12.2 Å². The number of esters is 1. The Balaban J connectivity index is 1.82. The standard InChI is InChI=1S/C22H23Cl2NO3S/c1-3-10-28-22(27)20-16-8-4-13(2)11-18(16)29-21(20)25-19(26)9-6-14-5-7-15(23)12-17(14)24/h5-7,9,12-13H,3-4,8,10-11H2,1-2H3,(H,25,26). The number of amides is 1. The van der Waals surface area contributed by atoms with E-state index in [1.54, 1.807) is 24.3 Å². The van der Waals surface area contributed by atoms with Crippen molar-refractivity contribution >= 4 is 57.5 Å². The molecule has 4 nitrogen and oxygen atoms in total. The maximum absolute atomic E-state index is 12.7. The van der Waals surface area contributed by atoms with Crippen LogP contribution in [0.4, 0.5) is 5.00 Å². The van der Waals surface area contributed by atoms with Crippen LogP contribution < -0.4 is 5.32 Å². The Hall–Kier alpha value is -1.82. The Morgan fingerprint density at radius 1 is 1.34 bits per heavy atom. The first-order valence-electron chi connectivity index (χ1n) is 9.64. The van der Waals surface area contributed by atoms with E-state index in [0.29, 0.717) is 38.7 Å². The largest absolute Gasteiger partial charge is 0.462 e. The summed E-state index contributed by atoms with van der Waals surface area (Å²) in [6.07, 6.45) is 6.55. The van der Waals surface area contributed by atoms with Crippen LogP contribution >= 0.6 is 34.5 Å². The van der Waals surface area contributed by atoms with Gasteiger partial charge in [0.25, 0.3) is 0 Å². The third-order valence-corrected chi connectivity index (χ3v) is 6.50. The molecule has 0 bridgehead atoms. The Bertz CT molecular complexity index is 952. The second-order valence-electron chi connectivity index (χ2n) is 7.18. The van der Waals surface area contributed by atoms with Gasteiger partial charge >= 0.3 is 5.97 Å². The first kappa shape index (κ1) is 21.9. The van der Waals surface area contributed by atoms with Gasteiger partial charge in [0, 0.05) is 21.0 Å². The lowest BCUT2D eigenvalue weighted by Crippen LogP contribution is -2.16. The highest BCUT2D eigenvalue weighted by Crippen LogP contribution is 2.40. The van der Waals surface area contributed by atoms with Crippen LogP contribution in [0.5, 0.6) is 0 Å². The zero-order chi connectivity index (χ0) is 21.0. The highest BCUT2D eigenvalue weighted by Gasteiger charge is 2.29.